The fourth-order valence-corrected chi connectivity index (χ4v) is 4.78. The van der Waals surface area contributed by atoms with Crippen LogP contribution < -0.4 is 16.4 Å². The van der Waals surface area contributed by atoms with Gasteiger partial charge in [-0.15, -0.1) is 0 Å². The Morgan fingerprint density at radius 3 is 2.26 bits per heavy atom. The molecule has 1 aliphatic heterocycles. The van der Waals surface area contributed by atoms with Crippen LogP contribution in [0.1, 0.15) is 78.6 Å². The van der Waals surface area contributed by atoms with Gasteiger partial charge >= 0.3 is 0 Å². The highest BCUT2D eigenvalue weighted by atomic mass is 16.2. The van der Waals surface area contributed by atoms with E-state index >= 15 is 0 Å². The number of amides is 4. The third-order valence-electron chi connectivity index (χ3n) is 6.65. The van der Waals surface area contributed by atoms with Crippen LogP contribution in [-0.2, 0) is 19.2 Å². The van der Waals surface area contributed by atoms with Gasteiger partial charge in [-0.2, -0.15) is 0 Å². The maximum Gasteiger partial charge on any atom is 0.245 e. The molecule has 0 aromatic rings. The summed E-state index contributed by atoms with van der Waals surface area (Å²) in [6.45, 7) is 5.98. The molecule has 1 heterocycles. The van der Waals surface area contributed by atoms with Crippen LogP contribution in [0.25, 0.3) is 0 Å². The van der Waals surface area contributed by atoms with Crippen molar-refractivity contribution in [2.24, 2.45) is 23.5 Å². The molecule has 2 aliphatic rings. The lowest BCUT2D eigenvalue weighted by Gasteiger charge is -2.35. The van der Waals surface area contributed by atoms with Crippen LogP contribution in [0, 0.1) is 17.8 Å². The standard InChI is InChI=1S/C23H40N4O4/c1-15(2)20(25-16(3)28)22(30)26-19(12-11-17-8-5-4-6-9-17)23(31)27-13-7-10-18(14-27)21(24)29/h15,17-20H,4-14H2,1-3H3,(H2,24,29)(H,25,28)(H,26,30)/t18?,19-,20-/m0/s1. The largest absolute Gasteiger partial charge is 0.369 e. The molecule has 176 valence electrons. The van der Waals surface area contributed by atoms with Crippen LogP contribution >= 0.6 is 0 Å². The van der Waals surface area contributed by atoms with Gasteiger partial charge in [-0.1, -0.05) is 46.0 Å². The van der Waals surface area contributed by atoms with E-state index in [1.165, 1.54) is 39.0 Å². The Kier molecular flexibility index (Phi) is 9.78. The van der Waals surface area contributed by atoms with E-state index in [1.54, 1.807) is 4.90 Å². The first kappa shape index (κ1) is 25.1. The number of nitrogens with two attached hydrogens (primary N) is 1. The second kappa shape index (κ2) is 12.1. The highest BCUT2D eigenvalue weighted by molar-refractivity contribution is 5.92. The number of nitrogens with one attached hydrogen (secondary N) is 2. The molecule has 0 spiro atoms. The third kappa shape index (κ3) is 7.82. The summed E-state index contributed by atoms with van der Waals surface area (Å²) in [7, 11) is 0. The third-order valence-corrected chi connectivity index (χ3v) is 6.65. The van der Waals surface area contributed by atoms with Crippen LogP contribution in [0.5, 0.6) is 0 Å². The Labute approximate surface area is 186 Å². The molecule has 31 heavy (non-hydrogen) atoms. The summed E-state index contributed by atoms with van der Waals surface area (Å²) >= 11 is 0. The van der Waals surface area contributed by atoms with Crippen molar-refractivity contribution in [3.05, 3.63) is 0 Å². The van der Waals surface area contributed by atoms with E-state index in [0.717, 1.165) is 12.8 Å². The lowest BCUT2D eigenvalue weighted by atomic mass is 9.85. The minimum atomic E-state index is -0.692. The molecule has 1 saturated carbocycles. The van der Waals surface area contributed by atoms with Crippen LogP contribution in [-0.4, -0.2) is 53.7 Å². The monoisotopic (exact) mass is 436 g/mol. The number of nitrogens with zero attached hydrogens (tertiary/aromatic N) is 1. The summed E-state index contributed by atoms with van der Waals surface area (Å²) < 4.78 is 0. The predicted octanol–water partition coefficient (Wildman–Crippen LogP) is 1.72. The van der Waals surface area contributed by atoms with Crippen molar-refractivity contribution in [2.45, 2.75) is 90.6 Å². The Bertz CT molecular complexity index is 645. The number of carbonyl (C=O) groups excluding carboxylic acids is 4. The molecule has 3 atom stereocenters. The van der Waals surface area contributed by atoms with Gasteiger partial charge in [0, 0.05) is 20.0 Å². The summed E-state index contributed by atoms with van der Waals surface area (Å²) in [5.74, 6) is -1.01. The maximum atomic E-state index is 13.4. The van der Waals surface area contributed by atoms with E-state index in [-0.39, 0.29) is 35.5 Å². The number of primary amides is 1. The molecule has 0 bridgehead atoms. The van der Waals surface area contributed by atoms with E-state index in [2.05, 4.69) is 10.6 Å². The summed E-state index contributed by atoms with van der Waals surface area (Å²) in [4.78, 5) is 51.2. The van der Waals surface area contributed by atoms with Crippen molar-refractivity contribution in [1.82, 2.24) is 15.5 Å². The van der Waals surface area contributed by atoms with Gasteiger partial charge in [-0.05, 0) is 37.5 Å². The Morgan fingerprint density at radius 2 is 1.68 bits per heavy atom. The number of rotatable bonds is 9. The summed E-state index contributed by atoms with van der Waals surface area (Å²) in [6, 6.07) is -1.35. The summed E-state index contributed by atoms with van der Waals surface area (Å²) in [5.41, 5.74) is 5.48. The normalized spacial score (nSPS) is 21.9. The van der Waals surface area contributed by atoms with Crippen molar-refractivity contribution in [2.75, 3.05) is 13.1 Å². The molecular weight excluding hydrogens is 396 g/mol. The van der Waals surface area contributed by atoms with Crippen LogP contribution in [0.2, 0.25) is 0 Å². The van der Waals surface area contributed by atoms with Crippen molar-refractivity contribution in [3.63, 3.8) is 0 Å². The minimum Gasteiger partial charge on any atom is -0.369 e. The molecule has 1 saturated heterocycles. The van der Waals surface area contributed by atoms with Gasteiger partial charge in [0.25, 0.3) is 0 Å². The Morgan fingerprint density at radius 1 is 1.00 bits per heavy atom. The van der Waals surface area contributed by atoms with Gasteiger partial charge < -0.3 is 21.3 Å². The van der Waals surface area contributed by atoms with Gasteiger partial charge in [0.1, 0.15) is 12.1 Å². The molecule has 4 N–H and O–H groups in total. The first-order valence-electron chi connectivity index (χ1n) is 11.8. The van der Waals surface area contributed by atoms with E-state index in [9.17, 15) is 19.2 Å². The second-order valence-electron chi connectivity index (χ2n) is 9.59. The van der Waals surface area contributed by atoms with Crippen LogP contribution in [0.4, 0.5) is 0 Å². The average molecular weight is 437 g/mol. The van der Waals surface area contributed by atoms with Gasteiger partial charge in [-0.3, -0.25) is 19.2 Å². The van der Waals surface area contributed by atoms with Gasteiger partial charge in [-0.25, -0.2) is 0 Å². The lowest BCUT2D eigenvalue weighted by molar-refractivity contribution is -0.140. The van der Waals surface area contributed by atoms with Crippen molar-refractivity contribution in [3.8, 4) is 0 Å². The number of likely N-dealkylation sites (tertiary alicyclic amines) is 1. The van der Waals surface area contributed by atoms with Gasteiger partial charge in [0.15, 0.2) is 0 Å². The first-order chi connectivity index (χ1) is 14.7. The topological polar surface area (TPSA) is 122 Å². The van der Waals surface area contributed by atoms with E-state index in [0.29, 0.717) is 31.8 Å². The molecule has 1 unspecified atom stereocenters. The molecular formula is C23H40N4O4. The minimum absolute atomic E-state index is 0.104. The molecule has 0 aromatic heterocycles. The van der Waals surface area contributed by atoms with Crippen LogP contribution in [0.3, 0.4) is 0 Å². The van der Waals surface area contributed by atoms with Crippen molar-refractivity contribution in [1.29, 1.82) is 0 Å². The van der Waals surface area contributed by atoms with Gasteiger partial charge in [0.05, 0.1) is 5.92 Å². The fraction of sp³-hybridized carbons (Fsp3) is 0.826. The molecule has 2 rings (SSSR count). The highest BCUT2D eigenvalue weighted by Crippen LogP contribution is 2.28. The second-order valence-corrected chi connectivity index (χ2v) is 9.59. The summed E-state index contributed by atoms with van der Waals surface area (Å²) in [5, 5.41) is 5.62. The molecule has 0 aromatic carbocycles. The summed E-state index contributed by atoms with van der Waals surface area (Å²) in [6.07, 6.45) is 8.92. The molecule has 0 radical (unpaired) electrons. The SMILES string of the molecule is CC(=O)N[C@H](C(=O)N[C@@H](CCC1CCCCC1)C(=O)N1CCCC(C(N)=O)C1)C(C)C. The Hall–Kier alpha value is -2.12. The molecule has 8 nitrogen and oxygen atoms in total. The maximum absolute atomic E-state index is 13.4. The molecule has 2 fully saturated rings. The number of piperidine rings is 1. The fourth-order valence-electron chi connectivity index (χ4n) is 4.78. The lowest BCUT2D eigenvalue weighted by Crippen LogP contribution is -2.57. The first-order valence-corrected chi connectivity index (χ1v) is 11.8. The van der Waals surface area contributed by atoms with Crippen LogP contribution in [0.15, 0.2) is 0 Å². The average Bonchev–Trinajstić information content (AvgIpc) is 2.74. The number of hydrogen-bond acceptors (Lipinski definition) is 4. The highest BCUT2D eigenvalue weighted by Gasteiger charge is 2.34. The molecule has 8 heteroatoms. The zero-order chi connectivity index (χ0) is 23.0. The predicted molar refractivity (Wildman–Crippen MR) is 119 cm³/mol. The molecule has 4 amide bonds. The molecule has 1 aliphatic carbocycles. The van der Waals surface area contributed by atoms with Crippen molar-refractivity contribution >= 4 is 23.6 Å². The van der Waals surface area contributed by atoms with E-state index in [4.69, 9.17) is 5.73 Å². The number of carbonyl (C=O) groups is 4. The number of hydrogen-bond donors (Lipinski definition) is 3. The Balaban J connectivity index is 2.10. The zero-order valence-electron chi connectivity index (χ0n) is 19.3. The van der Waals surface area contributed by atoms with E-state index in [1.807, 2.05) is 13.8 Å². The van der Waals surface area contributed by atoms with E-state index < -0.39 is 12.1 Å². The quantitative estimate of drug-likeness (QED) is 0.509. The van der Waals surface area contributed by atoms with Gasteiger partial charge in [0.2, 0.25) is 23.6 Å². The zero-order valence-corrected chi connectivity index (χ0v) is 19.3. The van der Waals surface area contributed by atoms with Crippen molar-refractivity contribution < 1.29 is 19.2 Å². The smallest absolute Gasteiger partial charge is 0.245 e.